The predicted octanol–water partition coefficient (Wildman–Crippen LogP) is -1.81. The SMILES string of the molecule is CCOC(=O)C(N)C(=O)N1CCOC(C(=O)O)C1. The van der Waals surface area contributed by atoms with Gasteiger partial charge in [-0.2, -0.15) is 0 Å². The zero-order valence-corrected chi connectivity index (χ0v) is 10.00. The van der Waals surface area contributed by atoms with Gasteiger partial charge in [0.05, 0.1) is 19.8 Å². The fourth-order valence-electron chi connectivity index (χ4n) is 1.53. The molecule has 0 spiro atoms. The Morgan fingerprint density at radius 3 is 2.78 bits per heavy atom. The van der Waals surface area contributed by atoms with Crippen LogP contribution in [-0.2, 0) is 23.9 Å². The lowest BCUT2D eigenvalue weighted by Gasteiger charge is -2.31. The van der Waals surface area contributed by atoms with Crippen molar-refractivity contribution in [2.24, 2.45) is 5.73 Å². The van der Waals surface area contributed by atoms with Crippen molar-refractivity contribution in [2.45, 2.75) is 19.1 Å². The number of rotatable bonds is 4. The third kappa shape index (κ3) is 3.41. The molecule has 0 radical (unpaired) electrons. The number of nitrogens with two attached hydrogens (primary N) is 1. The first kappa shape index (κ1) is 14.4. The van der Waals surface area contributed by atoms with E-state index >= 15 is 0 Å². The number of nitrogens with zero attached hydrogens (tertiary/aromatic N) is 1. The summed E-state index contributed by atoms with van der Waals surface area (Å²) in [5.74, 6) is -2.62. The molecule has 0 aliphatic carbocycles. The summed E-state index contributed by atoms with van der Waals surface area (Å²) in [7, 11) is 0. The summed E-state index contributed by atoms with van der Waals surface area (Å²) in [6.45, 7) is 1.90. The van der Waals surface area contributed by atoms with Crippen LogP contribution in [0.3, 0.4) is 0 Å². The molecule has 0 aromatic rings. The highest BCUT2D eigenvalue weighted by molar-refractivity contribution is 6.01. The number of carboxylic acids is 1. The van der Waals surface area contributed by atoms with Gasteiger partial charge in [0.25, 0.3) is 5.91 Å². The zero-order chi connectivity index (χ0) is 13.7. The number of morpholine rings is 1. The van der Waals surface area contributed by atoms with Gasteiger partial charge in [0.2, 0.25) is 0 Å². The van der Waals surface area contributed by atoms with Crippen LogP contribution in [0, 0.1) is 0 Å². The lowest BCUT2D eigenvalue weighted by Crippen LogP contribution is -2.55. The molecule has 18 heavy (non-hydrogen) atoms. The van der Waals surface area contributed by atoms with Crippen molar-refractivity contribution in [3.05, 3.63) is 0 Å². The average molecular weight is 260 g/mol. The van der Waals surface area contributed by atoms with Crippen LogP contribution in [0.4, 0.5) is 0 Å². The Balaban J connectivity index is 2.60. The minimum absolute atomic E-state index is 0.0955. The topological polar surface area (TPSA) is 119 Å². The Labute approximate surface area is 104 Å². The summed E-state index contributed by atoms with van der Waals surface area (Å²) >= 11 is 0. The second kappa shape index (κ2) is 6.31. The van der Waals surface area contributed by atoms with E-state index in [1.807, 2.05) is 0 Å². The normalized spacial score (nSPS) is 21.2. The van der Waals surface area contributed by atoms with Gasteiger partial charge in [-0.15, -0.1) is 0 Å². The van der Waals surface area contributed by atoms with E-state index in [4.69, 9.17) is 15.6 Å². The summed E-state index contributed by atoms with van der Waals surface area (Å²) in [6, 6.07) is -1.42. The van der Waals surface area contributed by atoms with Gasteiger partial charge in [-0.1, -0.05) is 0 Å². The predicted molar refractivity (Wildman–Crippen MR) is 58.6 cm³/mol. The minimum atomic E-state index is -1.42. The van der Waals surface area contributed by atoms with Crippen LogP contribution in [-0.4, -0.2) is 66.3 Å². The van der Waals surface area contributed by atoms with Crippen LogP contribution in [0.2, 0.25) is 0 Å². The molecule has 1 amide bonds. The largest absolute Gasteiger partial charge is 0.479 e. The molecule has 1 aliphatic heterocycles. The van der Waals surface area contributed by atoms with Gasteiger partial charge in [-0.05, 0) is 6.92 Å². The molecule has 8 nitrogen and oxygen atoms in total. The van der Waals surface area contributed by atoms with Crippen LogP contribution in [0.25, 0.3) is 0 Å². The third-order valence-electron chi connectivity index (χ3n) is 2.46. The monoisotopic (exact) mass is 260 g/mol. The van der Waals surface area contributed by atoms with Crippen molar-refractivity contribution in [3.63, 3.8) is 0 Å². The highest BCUT2D eigenvalue weighted by atomic mass is 16.5. The first-order valence-corrected chi connectivity index (χ1v) is 5.52. The second-order valence-corrected chi connectivity index (χ2v) is 3.71. The Kier molecular flexibility index (Phi) is 5.05. The molecule has 2 unspecified atom stereocenters. The number of carbonyl (C=O) groups is 3. The Bertz CT molecular complexity index is 345. The molecule has 2 atom stereocenters. The van der Waals surface area contributed by atoms with Crippen LogP contribution >= 0.6 is 0 Å². The highest BCUT2D eigenvalue weighted by Crippen LogP contribution is 2.07. The fraction of sp³-hybridized carbons (Fsp3) is 0.700. The molecule has 0 aromatic heterocycles. The molecular formula is C10H16N2O6. The molecule has 0 bridgehead atoms. The van der Waals surface area contributed by atoms with Crippen LogP contribution < -0.4 is 5.73 Å². The Morgan fingerprint density at radius 2 is 2.22 bits per heavy atom. The van der Waals surface area contributed by atoms with E-state index in [1.54, 1.807) is 6.92 Å². The van der Waals surface area contributed by atoms with Gasteiger partial charge in [0.15, 0.2) is 12.1 Å². The van der Waals surface area contributed by atoms with Crippen molar-refractivity contribution in [1.29, 1.82) is 0 Å². The lowest BCUT2D eigenvalue weighted by atomic mass is 10.2. The molecule has 3 N–H and O–H groups in total. The molecule has 1 rings (SSSR count). The molecule has 1 aliphatic rings. The van der Waals surface area contributed by atoms with Crippen LogP contribution in [0.5, 0.6) is 0 Å². The molecular weight excluding hydrogens is 244 g/mol. The summed E-state index contributed by atoms with van der Waals surface area (Å²) in [6.07, 6.45) is -1.09. The van der Waals surface area contributed by atoms with E-state index in [9.17, 15) is 14.4 Å². The van der Waals surface area contributed by atoms with E-state index in [0.29, 0.717) is 0 Å². The lowest BCUT2D eigenvalue weighted by molar-refractivity contribution is -0.161. The quantitative estimate of drug-likeness (QED) is 0.451. The molecule has 0 aromatic carbocycles. The summed E-state index contributed by atoms with van der Waals surface area (Å²) in [5, 5.41) is 8.78. The van der Waals surface area contributed by atoms with E-state index in [1.165, 1.54) is 4.90 Å². The minimum Gasteiger partial charge on any atom is -0.479 e. The number of hydrogen-bond donors (Lipinski definition) is 2. The number of esters is 1. The zero-order valence-electron chi connectivity index (χ0n) is 10.00. The van der Waals surface area contributed by atoms with E-state index in [0.717, 1.165) is 0 Å². The Hall–Kier alpha value is -1.67. The van der Waals surface area contributed by atoms with Gasteiger partial charge in [-0.3, -0.25) is 4.79 Å². The van der Waals surface area contributed by atoms with Gasteiger partial charge < -0.3 is 25.2 Å². The van der Waals surface area contributed by atoms with E-state index in [-0.39, 0.29) is 26.3 Å². The van der Waals surface area contributed by atoms with E-state index < -0.39 is 30.0 Å². The molecule has 102 valence electrons. The summed E-state index contributed by atoms with van der Waals surface area (Å²) < 4.78 is 9.59. The number of hydrogen-bond acceptors (Lipinski definition) is 6. The van der Waals surface area contributed by atoms with E-state index in [2.05, 4.69) is 4.74 Å². The average Bonchev–Trinajstić information content (AvgIpc) is 2.37. The smallest absolute Gasteiger partial charge is 0.334 e. The van der Waals surface area contributed by atoms with Gasteiger partial charge in [0.1, 0.15) is 0 Å². The number of amides is 1. The first-order valence-electron chi connectivity index (χ1n) is 5.52. The van der Waals surface area contributed by atoms with Gasteiger partial charge in [-0.25, -0.2) is 9.59 Å². The first-order chi connectivity index (χ1) is 8.47. The van der Waals surface area contributed by atoms with Gasteiger partial charge in [0, 0.05) is 6.54 Å². The number of carboxylic acid groups (broad SMARTS) is 1. The van der Waals surface area contributed by atoms with Crippen molar-refractivity contribution in [3.8, 4) is 0 Å². The van der Waals surface area contributed by atoms with Crippen molar-refractivity contribution in [2.75, 3.05) is 26.3 Å². The number of ether oxygens (including phenoxy) is 2. The molecule has 1 saturated heterocycles. The maximum absolute atomic E-state index is 11.8. The summed E-state index contributed by atoms with van der Waals surface area (Å²) in [4.78, 5) is 35.1. The maximum Gasteiger partial charge on any atom is 0.334 e. The third-order valence-corrected chi connectivity index (χ3v) is 2.46. The molecule has 1 heterocycles. The van der Waals surface area contributed by atoms with Crippen molar-refractivity contribution in [1.82, 2.24) is 4.90 Å². The molecule has 0 saturated carbocycles. The summed E-state index contributed by atoms with van der Waals surface area (Å²) in [5.41, 5.74) is 5.45. The second-order valence-electron chi connectivity index (χ2n) is 3.71. The Morgan fingerprint density at radius 1 is 1.56 bits per heavy atom. The fourth-order valence-corrected chi connectivity index (χ4v) is 1.53. The maximum atomic E-state index is 11.8. The van der Waals surface area contributed by atoms with Crippen LogP contribution in [0.15, 0.2) is 0 Å². The van der Waals surface area contributed by atoms with Crippen LogP contribution in [0.1, 0.15) is 6.92 Å². The number of aliphatic carboxylic acids is 1. The van der Waals surface area contributed by atoms with Crippen molar-refractivity contribution >= 4 is 17.8 Å². The molecule has 8 heteroatoms. The van der Waals surface area contributed by atoms with Crippen molar-refractivity contribution < 1.29 is 29.0 Å². The highest BCUT2D eigenvalue weighted by Gasteiger charge is 2.34. The number of carbonyl (C=O) groups excluding carboxylic acids is 2. The standard InChI is InChI=1S/C10H16N2O6/c1-2-17-10(16)7(11)8(13)12-3-4-18-6(5-12)9(14)15/h6-7H,2-5,11H2,1H3,(H,14,15). The molecule has 1 fully saturated rings. The van der Waals surface area contributed by atoms with Gasteiger partial charge >= 0.3 is 11.9 Å².